The van der Waals surface area contributed by atoms with Gasteiger partial charge >= 0.3 is 0 Å². The van der Waals surface area contributed by atoms with Crippen molar-refractivity contribution in [3.05, 3.63) is 64.6 Å². The van der Waals surface area contributed by atoms with E-state index < -0.39 is 0 Å². The Bertz CT molecular complexity index is 720. The predicted molar refractivity (Wildman–Crippen MR) is 68.8 cm³/mol. The van der Waals surface area contributed by atoms with Gasteiger partial charge in [-0.15, -0.1) is 0 Å². The highest BCUT2D eigenvalue weighted by molar-refractivity contribution is 5.52. The SMILES string of the molecule is Cc1ccccc1-n1[nH]c(-c2ccco2)cc1=O. The van der Waals surface area contributed by atoms with Crippen LogP contribution in [0.15, 0.2) is 57.9 Å². The largest absolute Gasteiger partial charge is 0.463 e. The summed E-state index contributed by atoms with van der Waals surface area (Å²) < 4.78 is 6.79. The number of nitrogens with zero attached hydrogens (tertiary/aromatic N) is 1. The Kier molecular flexibility index (Phi) is 2.41. The van der Waals surface area contributed by atoms with Crippen molar-refractivity contribution in [2.45, 2.75) is 6.92 Å². The fourth-order valence-electron chi connectivity index (χ4n) is 1.95. The van der Waals surface area contributed by atoms with Gasteiger partial charge in [-0.2, -0.15) is 0 Å². The van der Waals surface area contributed by atoms with Crippen LogP contribution in [0.4, 0.5) is 0 Å². The van der Waals surface area contributed by atoms with Crippen LogP contribution in [0.1, 0.15) is 5.56 Å². The van der Waals surface area contributed by atoms with Crippen LogP contribution in [0.25, 0.3) is 17.1 Å². The summed E-state index contributed by atoms with van der Waals surface area (Å²) >= 11 is 0. The Morgan fingerprint density at radius 1 is 1.17 bits per heavy atom. The lowest BCUT2D eigenvalue weighted by Gasteiger charge is -2.04. The molecule has 0 unspecified atom stereocenters. The molecule has 3 aromatic rings. The average Bonchev–Trinajstić information content (AvgIpc) is 2.99. The first-order chi connectivity index (χ1) is 8.75. The van der Waals surface area contributed by atoms with E-state index in [-0.39, 0.29) is 5.56 Å². The Labute approximate surface area is 103 Å². The minimum absolute atomic E-state index is 0.101. The minimum Gasteiger partial charge on any atom is -0.463 e. The van der Waals surface area contributed by atoms with Crippen LogP contribution in [0.2, 0.25) is 0 Å². The number of hydrogen-bond donors (Lipinski definition) is 1. The molecule has 3 rings (SSSR count). The maximum absolute atomic E-state index is 12.0. The number of nitrogens with one attached hydrogen (secondary N) is 1. The molecule has 0 aliphatic carbocycles. The number of para-hydroxylation sites is 1. The third-order valence-corrected chi connectivity index (χ3v) is 2.86. The van der Waals surface area contributed by atoms with Gasteiger partial charge in [0.15, 0.2) is 5.76 Å². The van der Waals surface area contributed by atoms with Crippen LogP contribution in [0, 0.1) is 6.92 Å². The molecule has 0 saturated heterocycles. The Balaban J connectivity index is 2.15. The monoisotopic (exact) mass is 240 g/mol. The van der Waals surface area contributed by atoms with E-state index in [1.165, 1.54) is 10.7 Å². The fraction of sp³-hybridized carbons (Fsp3) is 0.0714. The van der Waals surface area contributed by atoms with E-state index >= 15 is 0 Å². The van der Waals surface area contributed by atoms with E-state index in [0.29, 0.717) is 11.5 Å². The third-order valence-electron chi connectivity index (χ3n) is 2.86. The van der Waals surface area contributed by atoms with Crippen LogP contribution in [0.5, 0.6) is 0 Å². The summed E-state index contributed by atoms with van der Waals surface area (Å²) in [6, 6.07) is 12.9. The van der Waals surface area contributed by atoms with Gasteiger partial charge in [0.2, 0.25) is 0 Å². The quantitative estimate of drug-likeness (QED) is 0.748. The molecule has 90 valence electrons. The van der Waals surface area contributed by atoms with Crippen molar-refractivity contribution in [2.24, 2.45) is 0 Å². The highest BCUT2D eigenvalue weighted by Crippen LogP contribution is 2.17. The zero-order valence-electron chi connectivity index (χ0n) is 9.88. The van der Waals surface area contributed by atoms with E-state index in [9.17, 15) is 4.79 Å². The Hall–Kier alpha value is -2.49. The first kappa shape index (κ1) is 10.7. The van der Waals surface area contributed by atoms with E-state index in [4.69, 9.17) is 4.42 Å². The van der Waals surface area contributed by atoms with E-state index in [1.54, 1.807) is 12.3 Å². The van der Waals surface area contributed by atoms with Gasteiger partial charge in [-0.1, -0.05) is 18.2 Å². The molecule has 4 nitrogen and oxygen atoms in total. The first-order valence-corrected chi connectivity index (χ1v) is 5.67. The van der Waals surface area contributed by atoms with E-state index in [0.717, 1.165) is 11.3 Å². The molecule has 1 N–H and O–H groups in total. The van der Waals surface area contributed by atoms with Crippen LogP contribution in [-0.2, 0) is 0 Å². The van der Waals surface area contributed by atoms with Crippen molar-refractivity contribution in [3.63, 3.8) is 0 Å². The lowest BCUT2D eigenvalue weighted by molar-refractivity contribution is 0.579. The van der Waals surface area contributed by atoms with Crippen LogP contribution >= 0.6 is 0 Å². The number of aromatic nitrogens is 2. The van der Waals surface area contributed by atoms with Crippen molar-refractivity contribution in [1.29, 1.82) is 0 Å². The third kappa shape index (κ3) is 1.68. The van der Waals surface area contributed by atoms with E-state index in [1.807, 2.05) is 37.3 Å². The lowest BCUT2D eigenvalue weighted by Crippen LogP contribution is -2.14. The Morgan fingerprint density at radius 2 is 2.00 bits per heavy atom. The zero-order valence-corrected chi connectivity index (χ0v) is 9.88. The standard InChI is InChI=1S/C14H12N2O2/c1-10-5-2-3-6-12(10)16-14(17)9-11(15-16)13-7-4-8-18-13/h2-9,15H,1H3. The van der Waals surface area contributed by atoms with Gasteiger partial charge in [0.1, 0.15) is 5.69 Å². The topological polar surface area (TPSA) is 50.9 Å². The molecule has 0 radical (unpaired) electrons. The summed E-state index contributed by atoms with van der Waals surface area (Å²) in [6.45, 7) is 1.97. The number of rotatable bonds is 2. The zero-order chi connectivity index (χ0) is 12.5. The number of H-pyrrole nitrogens is 1. The van der Waals surface area contributed by atoms with Crippen LogP contribution in [0.3, 0.4) is 0 Å². The second-order valence-electron chi connectivity index (χ2n) is 4.11. The smallest absolute Gasteiger partial charge is 0.271 e. The van der Waals surface area contributed by atoms with Crippen molar-refractivity contribution >= 4 is 0 Å². The van der Waals surface area contributed by atoms with Gasteiger partial charge in [0.25, 0.3) is 5.56 Å². The summed E-state index contributed by atoms with van der Waals surface area (Å²) in [5, 5.41) is 3.05. The maximum atomic E-state index is 12.0. The minimum atomic E-state index is -0.101. The van der Waals surface area contributed by atoms with Crippen LogP contribution in [-0.4, -0.2) is 9.78 Å². The molecule has 0 aliphatic rings. The average molecular weight is 240 g/mol. The molecule has 1 aromatic carbocycles. The Morgan fingerprint density at radius 3 is 2.72 bits per heavy atom. The van der Waals surface area contributed by atoms with Crippen molar-refractivity contribution in [2.75, 3.05) is 0 Å². The highest BCUT2D eigenvalue weighted by Gasteiger charge is 2.09. The summed E-state index contributed by atoms with van der Waals surface area (Å²) in [7, 11) is 0. The number of aryl methyl sites for hydroxylation is 1. The van der Waals surface area contributed by atoms with Crippen molar-refractivity contribution < 1.29 is 4.42 Å². The van der Waals surface area contributed by atoms with E-state index in [2.05, 4.69) is 5.10 Å². The molecular formula is C14H12N2O2. The molecule has 18 heavy (non-hydrogen) atoms. The van der Waals surface area contributed by atoms with Gasteiger partial charge in [-0.05, 0) is 30.7 Å². The highest BCUT2D eigenvalue weighted by atomic mass is 16.3. The summed E-state index contributed by atoms with van der Waals surface area (Å²) in [5.41, 5.74) is 2.46. The molecule has 2 heterocycles. The summed E-state index contributed by atoms with van der Waals surface area (Å²) in [6.07, 6.45) is 1.58. The molecule has 4 heteroatoms. The summed E-state index contributed by atoms with van der Waals surface area (Å²) in [4.78, 5) is 12.0. The molecule has 0 spiro atoms. The number of furan rings is 1. The second-order valence-corrected chi connectivity index (χ2v) is 4.11. The second kappa shape index (κ2) is 4.07. The molecule has 0 saturated carbocycles. The normalized spacial score (nSPS) is 10.7. The van der Waals surface area contributed by atoms with Gasteiger partial charge in [0.05, 0.1) is 12.0 Å². The molecular weight excluding hydrogens is 228 g/mol. The van der Waals surface area contributed by atoms with Crippen LogP contribution < -0.4 is 5.56 Å². The van der Waals surface area contributed by atoms with Crippen molar-refractivity contribution in [1.82, 2.24) is 9.78 Å². The molecule has 2 aromatic heterocycles. The first-order valence-electron chi connectivity index (χ1n) is 5.67. The molecule has 0 aliphatic heterocycles. The molecule has 0 atom stereocenters. The molecule has 0 amide bonds. The molecule has 0 bridgehead atoms. The lowest BCUT2D eigenvalue weighted by atomic mass is 10.2. The molecule has 0 fully saturated rings. The van der Waals surface area contributed by atoms with Gasteiger partial charge in [-0.3, -0.25) is 9.89 Å². The van der Waals surface area contributed by atoms with Gasteiger partial charge < -0.3 is 4.42 Å². The predicted octanol–water partition coefficient (Wildman–Crippen LogP) is 2.73. The number of hydrogen-bond acceptors (Lipinski definition) is 2. The fourth-order valence-corrected chi connectivity index (χ4v) is 1.95. The van der Waals surface area contributed by atoms with Crippen molar-refractivity contribution in [3.8, 4) is 17.1 Å². The van der Waals surface area contributed by atoms with Gasteiger partial charge in [0, 0.05) is 6.07 Å². The summed E-state index contributed by atoms with van der Waals surface area (Å²) in [5.74, 6) is 0.652. The number of aromatic amines is 1. The number of benzene rings is 1. The maximum Gasteiger partial charge on any atom is 0.271 e. The van der Waals surface area contributed by atoms with Gasteiger partial charge in [-0.25, -0.2) is 4.68 Å².